The molecule has 0 fully saturated rings. The van der Waals surface area contributed by atoms with E-state index >= 15 is 0 Å². The number of Topliss-reactive ketones (excluding diaryl/α,β-unsaturated/α-hetero) is 1. The maximum absolute atomic E-state index is 15.0. The van der Waals surface area contributed by atoms with Crippen LogP contribution in [0.5, 0.6) is 0 Å². The number of carbonyl (C=O) groups is 1. The van der Waals surface area contributed by atoms with Gasteiger partial charge in [-0.3, -0.25) is 4.79 Å². The number of carbonyl (C=O) groups excluding carboxylic acids is 1. The van der Waals surface area contributed by atoms with Crippen LogP contribution in [0, 0.1) is 0 Å². The Morgan fingerprint density at radius 1 is 0.310 bits per heavy atom. The highest BCUT2D eigenvalue weighted by molar-refractivity contribution is 7.97. The van der Waals surface area contributed by atoms with Gasteiger partial charge in [-0.25, -0.2) is 0 Å². The maximum atomic E-state index is 15.0. The number of ketones is 1. The molecule has 0 amide bonds. The van der Waals surface area contributed by atoms with E-state index < -0.39 is 14.5 Å². The van der Waals surface area contributed by atoms with E-state index in [9.17, 15) is 4.79 Å². The normalized spacial score (nSPS) is 11.6. The second-order valence-electron chi connectivity index (χ2n) is 10.5. The van der Waals surface area contributed by atoms with Crippen LogP contribution in [0.1, 0.15) is 0 Å². The molecular weight excluding hydrogens is 546 g/mol. The molecule has 0 unspecified atom stereocenters. The van der Waals surface area contributed by atoms with Gasteiger partial charge in [-0.2, -0.15) is 0 Å². The van der Waals surface area contributed by atoms with Gasteiger partial charge in [0.25, 0.3) is 0 Å². The van der Waals surface area contributed by atoms with Crippen LogP contribution < -0.4 is 31.8 Å². The molecule has 204 valence electrons. The zero-order chi connectivity index (χ0) is 28.7. The Morgan fingerprint density at radius 2 is 0.476 bits per heavy atom. The highest BCUT2D eigenvalue weighted by atomic mass is 31.2. The number of hydrogen-bond acceptors (Lipinski definition) is 1. The van der Waals surface area contributed by atoms with Gasteiger partial charge in [0.2, 0.25) is 5.78 Å². The van der Waals surface area contributed by atoms with E-state index in [1.165, 1.54) is 31.8 Å². The highest BCUT2D eigenvalue weighted by Crippen LogP contribution is 2.59. The first-order valence-electron chi connectivity index (χ1n) is 14.3. The second-order valence-corrected chi connectivity index (χ2v) is 17.5. The lowest BCUT2D eigenvalue weighted by Crippen LogP contribution is -2.40. The Balaban J connectivity index is 1.55. The predicted octanol–water partition coefficient (Wildman–Crippen LogP) is 6.54. The van der Waals surface area contributed by atoms with Crippen molar-refractivity contribution < 1.29 is 4.79 Å². The number of rotatable bonds is 10. The van der Waals surface area contributed by atoms with Crippen molar-refractivity contribution in [2.75, 3.05) is 12.3 Å². The van der Waals surface area contributed by atoms with E-state index in [0.717, 1.165) is 0 Å². The molecular formula is C39H34OP2+2. The molecule has 0 aliphatic carbocycles. The summed E-state index contributed by atoms with van der Waals surface area (Å²) < 4.78 is 0. The fourth-order valence-corrected chi connectivity index (χ4v) is 14.5. The molecule has 0 spiro atoms. The summed E-state index contributed by atoms with van der Waals surface area (Å²) in [4.78, 5) is 15.0. The van der Waals surface area contributed by atoms with Crippen molar-refractivity contribution in [3.8, 4) is 0 Å². The van der Waals surface area contributed by atoms with Crippen molar-refractivity contribution in [1.82, 2.24) is 0 Å². The molecule has 3 heteroatoms. The quantitative estimate of drug-likeness (QED) is 0.168. The van der Waals surface area contributed by atoms with Gasteiger partial charge < -0.3 is 0 Å². The third-order valence-corrected chi connectivity index (χ3v) is 16.7. The van der Waals surface area contributed by atoms with Gasteiger partial charge in [0.05, 0.1) is 0 Å². The summed E-state index contributed by atoms with van der Waals surface area (Å²) in [6.45, 7) is 0. The first-order chi connectivity index (χ1) is 20.7. The van der Waals surface area contributed by atoms with Gasteiger partial charge in [0, 0.05) is 0 Å². The number of hydrogen-bond donors (Lipinski definition) is 0. The molecule has 6 rings (SSSR count). The van der Waals surface area contributed by atoms with Gasteiger partial charge in [-0.1, -0.05) is 109 Å². The molecule has 0 atom stereocenters. The second kappa shape index (κ2) is 12.8. The Hall–Kier alpha value is -4.15. The monoisotopic (exact) mass is 580 g/mol. The van der Waals surface area contributed by atoms with Crippen molar-refractivity contribution in [2.24, 2.45) is 0 Å². The van der Waals surface area contributed by atoms with E-state index in [0.29, 0.717) is 18.1 Å². The molecule has 0 N–H and O–H groups in total. The molecule has 6 aromatic rings. The zero-order valence-electron chi connectivity index (χ0n) is 23.5. The molecule has 0 saturated heterocycles. The zero-order valence-corrected chi connectivity index (χ0v) is 25.3. The van der Waals surface area contributed by atoms with Crippen LogP contribution in [-0.4, -0.2) is 18.1 Å². The first-order valence-corrected chi connectivity index (χ1v) is 18.3. The smallest absolute Gasteiger partial charge is 0.209 e. The van der Waals surface area contributed by atoms with Crippen molar-refractivity contribution in [1.29, 1.82) is 0 Å². The largest absolute Gasteiger partial charge is 0.291 e. The van der Waals surface area contributed by atoms with Crippen molar-refractivity contribution in [2.45, 2.75) is 0 Å². The summed E-state index contributed by atoms with van der Waals surface area (Å²) in [7, 11) is -4.60. The molecule has 1 nitrogen and oxygen atoms in total. The summed E-state index contributed by atoms with van der Waals surface area (Å²) in [5, 5.41) is 7.41. The summed E-state index contributed by atoms with van der Waals surface area (Å²) >= 11 is 0. The topological polar surface area (TPSA) is 17.1 Å². The average molecular weight is 581 g/mol. The summed E-state index contributed by atoms with van der Waals surface area (Å²) in [5.74, 6) is 0.296. The Labute approximate surface area is 250 Å². The molecule has 0 heterocycles. The third-order valence-electron chi connectivity index (χ3n) is 8.01. The molecule has 0 saturated carbocycles. The molecule has 42 heavy (non-hydrogen) atoms. The molecule has 6 aromatic carbocycles. The fraction of sp³-hybridized carbons (Fsp3) is 0.0513. The molecule has 0 radical (unpaired) electrons. The SMILES string of the molecule is O=C(C[P+](c1ccccc1)(c1ccccc1)c1ccccc1)C[P+](c1ccccc1)(c1ccccc1)c1ccccc1. The minimum absolute atomic E-state index is 0.296. The van der Waals surface area contributed by atoms with Crippen molar-refractivity contribution in [3.63, 3.8) is 0 Å². The van der Waals surface area contributed by atoms with Crippen LogP contribution in [0.3, 0.4) is 0 Å². The van der Waals surface area contributed by atoms with E-state index in [1.807, 2.05) is 0 Å². The Morgan fingerprint density at radius 3 is 0.643 bits per heavy atom. The first kappa shape index (κ1) is 28.0. The predicted molar refractivity (Wildman–Crippen MR) is 185 cm³/mol. The summed E-state index contributed by atoms with van der Waals surface area (Å²) in [6.07, 6.45) is 0.943. The fourth-order valence-electron chi connectivity index (χ4n) is 6.12. The summed E-state index contributed by atoms with van der Waals surface area (Å²) in [6, 6.07) is 64.3. The highest BCUT2D eigenvalue weighted by Gasteiger charge is 2.52. The van der Waals surface area contributed by atoms with Crippen molar-refractivity contribution in [3.05, 3.63) is 182 Å². The van der Waals surface area contributed by atoms with Crippen molar-refractivity contribution >= 4 is 52.1 Å². The Bertz CT molecular complexity index is 1380. The van der Waals surface area contributed by atoms with Gasteiger partial charge in [0.1, 0.15) is 58.7 Å². The van der Waals surface area contributed by atoms with Crippen LogP contribution in [0.4, 0.5) is 0 Å². The lowest BCUT2D eigenvalue weighted by atomic mass is 10.3. The average Bonchev–Trinajstić information content (AvgIpc) is 3.08. The molecule has 0 aliphatic heterocycles. The lowest BCUT2D eigenvalue weighted by molar-refractivity contribution is -0.114. The van der Waals surface area contributed by atoms with E-state index in [4.69, 9.17) is 0 Å². The van der Waals surface area contributed by atoms with Gasteiger partial charge in [-0.05, 0) is 72.8 Å². The maximum Gasteiger partial charge on any atom is 0.209 e. The van der Waals surface area contributed by atoms with Crippen LogP contribution >= 0.6 is 14.5 Å². The van der Waals surface area contributed by atoms with E-state index in [1.54, 1.807) is 0 Å². The van der Waals surface area contributed by atoms with Crippen LogP contribution in [0.2, 0.25) is 0 Å². The lowest BCUT2D eigenvalue weighted by Gasteiger charge is -2.30. The summed E-state index contributed by atoms with van der Waals surface area (Å²) in [5.41, 5.74) is 0. The van der Waals surface area contributed by atoms with Gasteiger partial charge >= 0.3 is 0 Å². The Kier molecular flexibility index (Phi) is 8.52. The van der Waals surface area contributed by atoms with Gasteiger partial charge in [-0.15, -0.1) is 0 Å². The van der Waals surface area contributed by atoms with E-state index in [2.05, 4.69) is 182 Å². The van der Waals surface area contributed by atoms with E-state index in [-0.39, 0.29) is 0 Å². The molecule has 0 bridgehead atoms. The van der Waals surface area contributed by atoms with Crippen LogP contribution in [-0.2, 0) is 4.79 Å². The molecule has 0 aliphatic rings. The molecule has 0 aromatic heterocycles. The van der Waals surface area contributed by atoms with Gasteiger partial charge in [0.15, 0.2) is 0 Å². The third kappa shape index (κ3) is 5.39. The standard InChI is InChI=1S/C39H34OP2/c40-33(31-41(34-19-7-1-8-20-34,35-21-9-2-10-22-35)36-23-11-3-12-24-36)32-42(37-25-13-4-14-26-37,38-27-15-5-16-28-38)39-29-17-6-18-30-39/h1-30H,31-32H2/q+2. The number of benzene rings is 6. The minimum atomic E-state index is -2.30. The minimum Gasteiger partial charge on any atom is -0.291 e. The van der Waals surface area contributed by atoms with Crippen LogP contribution in [0.25, 0.3) is 0 Å². The van der Waals surface area contributed by atoms with Crippen LogP contribution in [0.15, 0.2) is 182 Å².